The number of fused-ring (bicyclic) bond motifs is 1. The van der Waals surface area contributed by atoms with Gasteiger partial charge in [0, 0.05) is 24.7 Å². The second kappa shape index (κ2) is 5.81. The number of anilines is 1. The maximum Gasteiger partial charge on any atom is 0.268 e. The minimum atomic E-state index is -3.49. The van der Waals surface area contributed by atoms with Crippen LogP contribution < -0.4 is 10.5 Å². The van der Waals surface area contributed by atoms with Gasteiger partial charge in [0.15, 0.2) is 14.9 Å². The predicted molar refractivity (Wildman–Crippen MR) is 97.9 cm³/mol. The average molecular weight is 372 g/mol. The molecule has 0 atom stereocenters. The molecule has 2 aromatic rings. The van der Waals surface area contributed by atoms with E-state index in [0.29, 0.717) is 22.0 Å². The molecule has 0 bridgehead atoms. The van der Waals surface area contributed by atoms with Crippen molar-refractivity contribution in [3.63, 3.8) is 0 Å². The number of hydrogen-bond acceptors (Lipinski definition) is 6. The molecular weight excluding hydrogens is 352 g/mol. The number of pyridine rings is 2. The Morgan fingerprint density at radius 1 is 1.27 bits per heavy atom. The molecule has 0 amide bonds. The smallest absolute Gasteiger partial charge is 0.268 e. The Bertz CT molecular complexity index is 1080. The first-order chi connectivity index (χ1) is 12.3. The Balaban J connectivity index is 1.88. The maximum atomic E-state index is 12.4. The van der Waals surface area contributed by atoms with E-state index in [1.807, 2.05) is 6.07 Å². The molecule has 136 valence electrons. The third-order valence-corrected chi connectivity index (χ3v) is 6.88. The van der Waals surface area contributed by atoms with E-state index in [-0.39, 0.29) is 10.6 Å². The van der Waals surface area contributed by atoms with Gasteiger partial charge < -0.3 is 9.88 Å². The van der Waals surface area contributed by atoms with E-state index in [1.165, 1.54) is 31.5 Å². The SMILES string of the molecule is CS(=O)(=O)c1cc2c(N3CCC4(CCC4)CC3)c(C#N)c(=O)[nH]c2cn1. The molecule has 0 unspecified atom stereocenters. The van der Waals surface area contributed by atoms with Crippen LogP contribution in [0.15, 0.2) is 22.1 Å². The fourth-order valence-corrected chi connectivity index (χ4v) is 4.75. The van der Waals surface area contributed by atoms with Gasteiger partial charge >= 0.3 is 0 Å². The van der Waals surface area contributed by atoms with E-state index in [2.05, 4.69) is 14.9 Å². The molecule has 1 saturated heterocycles. The molecule has 3 heterocycles. The highest BCUT2D eigenvalue weighted by Gasteiger charge is 2.40. The first-order valence-electron chi connectivity index (χ1n) is 8.74. The highest BCUT2D eigenvalue weighted by Crippen LogP contribution is 2.49. The van der Waals surface area contributed by atoms with E-state index in [1.54, 1.807) is 0 Å². The number of rotatable bonds is 2. The summed E-state index contributed by atoms with van der Waals surface area (Å²) in [6, 6.07) is 3.47. The zero-order chi connectivity index (χ0) is 18.5. The molecule has 0 radical (unpaired) electrons. The highest BCUT2D eigenvalue weighted by molar-refractivity contribution is 7.90. The summed E-state index contributed by atoms with van der Waals surface area (Å²) in [5.74, 6) is 0. The summed E-state index contributed by atoms with van der Waals surface area (Å²) in [6.07, 6.45) is 8.32. The zero-order valence-electron chi connectivity index (χ0n) is 14.6. The quantitative estimate of drug-likeness (QED) is 0.864. The van der Waals surface area contributed by atoms with E-state index in [4.69, 9.17) is 0 Å². The second-order valence-electron chi connectivity index (χ2n) is 7.47. The molecule has 1 aliphatic heterocycles. The summed E-state index contributed by atoms with van der Waals surface area (Å²) in [6.45, 7) is 1.54. The van der Waals surface area contributed by atoms with Crippen LogP contribution in [0.3, 0.4) is 0 Å². The molecule has 4 rings (SSSR count). The number of sulfone groups is 1. The number of aromatic amines is 1. The van der Waals surface area contributed by atoms with E-state index < -0.39 is 15.4 Å². The number of H-pyrrole nitrogens is 1. The van der Waals surface area contributed by atoms with Crippen LogP contribution in [-0.2, 0) is 9.84 Å². The summed E-state index contributed by atoms with van der Waals surface area (Å²) in [4.78, 5) is 21.0. The van der Waals surface area contributed by atoms with Crippen molar-refractivity contribution in [2.24, 2.45) is 5.41 Å². The third-order valence-electron chi connectivity index (χ3n) is 5.89. The van der Waals surface area contributed by atoms with Crippen LogP contribution in [0.4, 0.5) is 5.69 Å². The van der Waals surface area contributed by atoms with Crippen LogP contribution in [0, 0.1) is 16.7 Å². The number of nitriles is 1. The lowest BCUT2D eigenvalue weighted by Gasteiger charge is -2.48. The molecule has 2 fully saturated rings. The Labute approximate surface area is 151 Å². The first kappa shape index (κ1) is 17.0. The number of hydrogen-bond donors (Lipinski definition) is 1. The minimum absolute atomic E-state index is 0.0349. The van der Waals surface area contributed by atoms with Crippen LogP contribution in [0.5, 0.6) is 0 Å². The van der Waals surface area contributed by atoms with Crippen LogP contribution in [-0.4, -0.2) is 37.7 Å². The lowest BCUT2D eigenvalue weighted by Crippen LogP contribution is -2.44. The Kier molecular flexibility index (Phi) is 3.81. The van der Waals surface area contributed by atoms with Crippen molar-refractivity contribution in [3.05, 3.63) is 28.2 Å². The highest BCUT2D eigenvalue weighted by atomic mass is 32.2. The number of piperidine rings is 1. The lowest BCUT2D eigenvalue weighted by molar-refractivity contribution is 0.0956. The Morgan fingerprint density at radius 3 is 2.50 bits per heavy atom. The third kappa shape index (κ3) is 2.67. The molecule has 1 saturated carbocycles. The summed E-state index contributed by atoms with van der Waals surface area (Å²) < 4.78 is 23.8. The van der Waals surface area contributed by atoms with Gasteiger partial charge in [0.25, 0.3) is 5.56 Å². The largest absolute Gasteiger partial charge is 0.370 e. The van der Waals surface area contributed by atoms with Gasteiger partial charge in [-0.1, -0.05) is 6.42 Å². The van der Waals surface area contributed by atoms with Crippen LogP contribution in [0.1, 0.15) is 37.7 Å². The van der Waals surface area contributed by atoms with Crippen molar-refractivity contribution >= 4 is 26.4 Å². The van der Waals surface area contributed by atoms with E-state index >= 15 is 0 Å². The Morgan fingerprint density at radius 2 is 1.96 bits per heavy atom. The van der Waals surface area contributed by atoms with Gasteiger partial charge in [-0.2, -0.15) is 5.26 Å². The summed E-state index contributed by atoms with van der Waals surface area (Å²) in [5, 5.41) is 10.0. The molecule has 1 N–H and O–H groups in total. The van der Waals surface area contributed by atoms with Gasteiger partial charge in [0.2, 0.25) is 0 Å². The van der Waals surface area contributed by atoms with E-state index in [9.17, 15) is 18.5 Å². The molecule has 1 spiro atoms. The zero-order valence-corrected chi connectivity index (χ0v) is 15.4. The Hall–Kier alpha value is -2.40. The fraction of sp³-hybridized carbons (Fsp3) is 0.500. The predicted octanol–water partition coefficient (Wildman–Crippen LogP) is 1.97. The van der Waals surface area contributed by atoms with Crippen molar-refractivity contribution in [1.29, 1.82) is 5.26 Å². The van der Waals surface area contributed by atoms with Crippen molar-refractivity contribution in [2.45, 2.75) is 37.1 Å². The van der Waals surface area contributed by atoms with Crippen LogP contribution in [0.2, 0.25) is 0 Å². The van der Waals surface area contributed by atoms with Gasteiger partial charge in [-0.3, -0.25) is 4.79 Å². The standard InChI is InChI=1S/C18H20N4O3S/c1-26(24,25)15-9-12-14(11-20-15)21-17(23)13(10-19)16(12)22-7-5-18(6-8-22)3-2-4-18/h9,11H,2-8H2,1H3,(H,21,23). The monoisotopic (exact) mass is 372 g/mol. The van der Waals surface area contributed by atoms with Crippen molar-refractivity contribution < 1.29 is 8.42 Å². The van der Waals surface area contributed by atoms with Crippen molar-refractivity contribution in [1.82, 2.24) is 9.97 Å². The molecule has 1 aliphatic carbocycles. The normalized spacial score (nSPS) is 19.3. The van der Waals surface area contributed by atoms with Crippen molar-refractivity contribution in [3.8, 4) is 6.07 Å². The lowest BCUT2D eigenvalue weighted by atomic mass is 9.63. The van der Waals surface area contributed by atoms with Crippen molar-refractivity contribution in [2.75, 3.05) is 24.2 Å². The van der Waals surface area contributed by atoms with Crippen LogP contribution >= 0.6 is 0 Å². The average Bonchev–Trinajstić information content (AvgIpc) is 2.58. The topological polar surface area (TPSA) is 107 Å². The fourth-order valence-electron chi connectivity index (χ4n) is 4.18. The summed E-state index contributed by atoms with van der Waals surface area (Å²) in [7, 11) is -3.49. The molecule has 7 nitrogen and oxygen atoms in total. The summed E-state index contributed by atoms with van der Waals surface area (Å²) in [5.41, 5.74) is 0.980. The van der Waals surface area contributed by atoms with Crippen LogP contribution in [0.25, 0.3) is 10.9 Å². The molecule has 26 heavy (non-hydrogen) atoms. The van der Waals surface area contributed by atoms with Gasteiger partial charge in [-0.25, -0.2) is 13.4 Å². The molecule has 8 heteroatoms. The number of aromatic nitrogens is 2. The summed E-state index contributed by atoms with van der Waals surface area (Å²) >= 11 is 0. The maximum absolute atomic E-state index is 12.4. The number of nitrogens with one attached hydrogen (secondary N) is 1. The first-order valence-corrected chi connectivity index (χ1v) is 10.6. The molecule has 2 aromatic heterocycles. The number of nitrogens with zero attached hydrogens (tertiary/aromatic N) is 3. The van der Waals surface area contributed by atoms with E-state index in [0.717, 1.165) is 32.2 Å². The van der Waals surface area contributed by atoms with Gasteiger partial charge in [0.1, 0.15) is 11.6 Å². The van der Waals surface area contributed by atoms with Gasteiger partial charge in [0.05, 0.1) is 17.4 Å². The van der Waals surface area contributed by atoms with Gasteiger partial charge in [-0.05, 0) is 37.2 Å². The second-order valence-corrected chi connectivity index (χ2v) is 9.43. The van der Waals surface area contributed by atoms with Gasteiger partial charge in [-0.15, -0.1) is 0 Å². The molecule has 2 aliphatic rings. The minimum Gasteiger partial charge on any atom is -0.370 e. The molecular formula is C18H20N4O3S. The molecule has 0 aromatic carbocycles.